The molecule has 0 atom stereocenters. The summed E-state index contributed by atoms with van der Waals surface area (Å²) in [6.45, 7) is 0. The molecule has 1 heteroatoms. The van der Waals surface area contributed by atoms with Crippen molar-refractivity contribution in [1.82, 2.24) is 0 Å². The second kappa shape index (κ2) is 1.83. The van der Waals surface area contributed by atoms with Gasteiger partial charge in [0.1, 0.15) is 0 Å². The molecule has 0 aromatic rings. The zero-order chi connectivity index (χ0) is 3.58. The van der Waals surface area contributed by atoms with Gasteiger partial charge in [0, 0.05) is 0 Å². The quantitative estimate of drug-likeness (QED) is 0.418. The van der Waals surface area contributed by atoms with Crippen molar-refractivity contribution in [1.29, 1.82) is 0 Å². The molecule has 0 aliphatic rings. The molecule has 0 saturated carbocycles. The van der Waals surface area contributed by atoms with Crippen molar-refractivity contribution in [3.05, 3.63) is 0 Å². The summed E-state index contributed by atoms with van der Waals surface area (Å²) in [5.74, 6) is 7.06. The van der Waals surface area contributed by atoms with Gasteiger partial charge in [0.25, 0.3) is 0 Å². The van der Waals surface area contributed by atoms with E-state index in [4.69, 9.17) is 0 Å². The summed E-state index contributed by atoms with van der Waals surface area (Å²) in [6.07, 6.45) is 0. The molecule has 0 N–H and O–H groups in total. The van der Waals surface area contributed by atoms with Gasteiger partial charge in [-0.15, -0.1) is 0 Å². The van der Waals surface area contributed by atoms with Gasteiger partial charge in [0.05, 0.1) is 0 Å². The topological polar surface area (TPSA) is 0 Å². The van der Waals surface area contributed by atoms with Crippen LogP contribution in [0.1, 0.15) is 0 Å². The van der Waals surface area contributed by atoms with E-state index in [1.807, 2.05) is 0 Å². The fraction of sp³-hybridized carbons (Fsp3) is 1.00. The van der Waals surface area contributed by atoms with Crippen molar-refractivity contribution in [2.45, 2.75) is 17.3 Å². The Morgan fingerprint density at radius 1 is 1.00 bits per heavy atom. The van der Waals surface area contributed by atoms with Gasteiger partial charge >= 0.3 is 31.6 Å². The maximum atomic E-state index is 2.35. The summed E-state index contributed by atoms with van der Waals surface area (Å²) in [4.78, 5) is 0. The van der Waals surface area contributed by atoms with Gasteiger partial charge in [-0.2, -0.15) is 0 Å². The van der Waals surface area contributed by atoms with Crippen molar-refractivity contribution < 1.29 is 0 Å². The molecule has 4 heavy (non-hydrogen) atoms. The van der Waals surface area contributed by atoms with Gasteiger partial charge in [0.2, 0.25) is 0 Å². The minimum absolute atomic E-state index is 0.479. The van der Waals surface area contributed by atoms with E-state index in [-0.39, 0.29) is 0 Å². The standard InChI is InChI=1S/C3H10Ge/c1-4(2)3/h4H,1-3H3. The first-order valence-electron chi connectivity index (χ1n) is 1.73. The van der Waals surface area contributed by atoms with Crippen LogP contribution in [0.4, 0.5) is 0 Å². The molecule has 0 amide bonds. The first-order valence-corrected chi connectivity index (χ1v) is 9.00. The van der Waals surface area contributed by atoms with Crippen LogP contribution in [-0.4, -0.2) is 14.3 Å². The van der Waals surface area contributed by atoms with E-state index >= 15 is 0 Å². The predicted molar refractivity (Wildman–Crippen MR) is 24.7 cm³/mol. The molecule has 0 nitrogen and oxygen atoms in total. The van der Waals surface area contributed by atoms with Crippen LogP contribution in [0.25, 0.3) is 0 Å². The van der Waals surface area contributed by atoms with Gasteiger partial charge < -0.3 is 0 Å². The minimum atomic E-state index is -0.479. The molecule has 0 fully saturated rings. The van der Waals surface area contributed by atoms with Crippen LogP contribution in [0.5, 0.6) is 0 Å². The molecule has 0 aliphatic carbocycles. The van der Waals surface area contributed by atoms with Crippen LogP contribution < -0.4 is 0 Å². The number of rotatable bonds is 0. The van der Waals surface area contributed by atoms with Gasteiger partial charge in [-0.1, -0.05) is 0 Å². The SMILES string of the molecule is [CH3][GeH]([CH3])[CH3]. The Labute approximate surface area is 32.3 Å². The Kier molecular flexibility index (Phi) is 2.07. The Bertz CT molecular complexity index is 8.00. The van der Waals surface area contributed by atoms with Crippen LogP contribution in [0.3, 0.4) is 0 Å². The van der Waals surface area contributed by atoms with Crippen LogP contribution in [-0.2, 0) is 0 Å². The van der Waals surface area contributed by atoms with E-state index in [0.717, 1.165) is 0 Å². The van der Waals surface area contributed by atoms with E-state index < -0.39 is 14.3 Å². The Morgan fingerprint density at radius 3 is 1.00 bits per heavy atom. The molecular weight excluding hydrogens is 109 g/mol. The summed E-state index contributed by atoms with van der Waals surface area (Å²) >= 11 is -0.479. The van der Waals surface area contributed by atoms with Gasteiger partial charge in [-0.05, 0) is 0 Å². The second-order valence-corrected chi connectivity index (χ2v) is 9.00. The fourth-order valence-corrected chi connectivity index (χ4v) is 0. The van der Waals surface area contributed by atoms with E-state index in [2.05, 4.69) is 17.3 Å². The normalized spacial score (nSPS) is 9.00. The average Bonchev–Trinajstić information content (AvgIpc) is 0.811. The van der Waals surface area contributed by atoms with Crippen LogP contribution in [0.15, 0.2) is 0 Å². The molecule has 0 spiro atoms. The molecule has 0 bridgehead atoms. The molecule has 0 rings (SSSR count). The average molecular weight is 119 g/mol. The molecule has 0 heterocycles. The van der Waals surface area contributed by atoms with Gasteiger partial charge in [0.15, 0.2) is 0 Å². The van der Waals surface area contributed by atoms with E-state index in [1.54, 1.807) is 0 Å². The number of hydrogen-bond donors (Lipinski definition) is 0. The fourth-order valence-electron chi connectivity index (χ4n) is 0. The van der Waals surface area contributed by atoms with Crippen LogP contribution in [0.2, 0.25) is 17.3 Å². The van der Waals surface area contributed by atoms with E-state index in [9.17, 15) is 0 Å². The summed E-state index contributed by atoms with van der Waals surface area (Å²) in [5.41, 5.74) is 0. The molecule has 0 radical (unpaired) electrons. The van der Waals surface area contributed by atoms with E-state index in [1.165, 1.54) is 0 Å². The Balaban J connectivity index is 2.32. The summed E-state index contributed by atoms with van der Waals surface area (Å²) in [5, 5.41) is 0. The van der Waals surface area contributed by atoms with Crippen molar-refractivity contribution in [3.8, 4) is 0 Å². The van der Waals surface area contributed by atoms with Crippen molar-refractivity contribution >= 4 is 14.3 Å². The first kappa shape index (κ1) is 4.54. The molecule has 0 aromatic carbocycles. The third-order valence-electron chi connectivity index (χ3n) is 0. The van der Waals surface area contributed by atoms with Crippen molar-refractivity contribution in [2.75, 3.05) is 0 Å². The molecule has 0 aliphatic heterocycles. The summed E-state index contributed by atoms with van der Waals surface area (Å²) in [7, 11) is 0. The molecular formula is C3H10Ge. The zero-order valence-electron chi connectivity index (χ0n) is 3.58. The van der Waals surface area contributed by atoms with Crippen molar-refractivity contribution in [2.24, 2.45) is 0 Å². The third-order valence-corrected chi connectivity index (χ3v) is 0. The first-order chi connectivity index (χ1) is 1.73. The Morgan fingerprint density at radius 2 is 1.00 bits per heavy atom. The second-order valence-electron chi connectivity index (χ2n) is 1.73. The van der Waals surface area contributed by atoms with E-state index in [0.29, 0.717) is 0 Å². The summed E-state index contributed by atoms with van der Waals surface area (Å²) < 4.78 is 0. The third kappa shape index (κ3) is 20.5. The van der Waals surface area contributed by atoms with Crippen LogP contribution >= 0.6 is 0 Å². The molecule has 0 saturated heterocycles. The van der Waals surface area contributed by atoms with Crippen LogP contribution in [0, 0.1) is 0 Å². The van der Waals surface area contributed by atoms with Gasteiger partial charge in [-0.25, -0.2) is 0 Å². The monoisotopic (exact) mass is 120 g/mol. The molecule has 26 valence electrons. The molecule has 0 aromatic heterocycles. The van der Waals surface area contributed by atoms with Crippen molar-refractivity contribution in [3.63, 3.8) is 0 Å². The number of hydrogen-bond acceptors (Lipinski definition) is 0. The Hall–Kier alpha value is 0.543. The van der Waals surface area contributed by atoms with Gasteiger partial charge in [-0.3, -0.25) is 0 Å². The predicted octanol–water partition coefficient (Wildman–Crippen LogP) is 1.10. The maximum absolute atomic E-state index is 2.35. The zero-order valence-corrected chi connectivity index (χ0v) is 6.00. The summed E-state index contributed by atoms with van der Waals surface area (Å²) in [6, 6.07) is 0. The molecule has 0 unspecified atom stereocenters.